The molecule has 0 saturated carbocycles. The molecule has 0 aliphatic carbocycles. The summed E-state index contributed by atoms with van der Waals surface area (Å²) in [6.07, 6.45) is 0. The fraction of sp³-hybridized carbons (Fsp3) is 0.222. The zero-order valence-corrected chi connectivity index (χ0v) is 10.9. The van der Waals surface area contributed by atoms with Crippen molar-refractivity contribution in [1.82, 2.24) is 0 Å². The number of hydrogen-bond acceptors (Lipinski definition) is 3. The minimum absolute atomic E-state index is 0.470. The summed E-state index contributed by atoms with van der Waals surface area (Å²) in [5.74, 6) is 0. The average Bonchev–Trinajstić information content (AvgIpc) is 2.20. The highest BCUT2D eigenvalue weighted by molar-refractivity contribution is 14.1. The maximum Gasteiger partial charge on any atom is 0.248 e. The van der Waals surface area contributed by atoms with Gasteiger partial charge >= 0.3 is 0 Å². The van der Waals surface area contributed by atoms with Crippen molar-refractivity contribution in [2.75, 3.05) is 4.72 Å². The van der Waals surface area contributed by atoms with Crippen molar-refractivity contribution < 1.29 is 8.42 Å². The summed E-state index contributed by atoms with van der Waals surface area (Å²) in [4.78, 5) is 0. The third-order valence-electron chi connectivity index (χ3n) is 1.75. The Bertz CT molecular complexity index is 476. The molecule has 80 valence electrons. The molecule has 1 aromatic carbocycles. The molecule has 1 unspecified atom stereocenters. The molecule has 0 amide bonds. The number of nitrogens with one attached hydrogen (secondary N) is 1. The summed E-state index contributed by atoms with van der Waals surface area (Å²) in [5, 5.41) is 7.46. The van der Waals surface area contributed by atoms with Gasteiger partial charge in [-0.3, -0.25) is 4.72 Å². The van der Waals surface area contributed by atoms with Crippen molar-refractivity contribution in [3.05, 3.63) is 27.8 Å². The number of nitriles is 1. The molecule has 1 aromatic rings. The molecule has 0 fully saturated rings. The fourth-order valence-electron chi connectivity index (χ4n) is 0.840. The number of benzene rings is 1. The van der Waals surface area contributed by atoms with E-state index in [1.807, 2.05) is 0 Å². The van der Waals surface area contributed by atoms with E-state index in [0.29, 0.717) is 5.69 Å². The predicted octanol–water partition coefficient (Wildman–Crippen LogP) is 1.94. The number of hydrogen-bond donors (Lipinski definition) is 1. The summed E-state index contributed by atoms with van der Waals surface area (Å²) in [5.41, 5.74) is 0.470. The molecule has 6 heteroatoms. The van der Waals surface area contributed by atoms with Gasteiger partial charge in [-0.1, -0.05) is 0 Å². The van der Waals surface area contributed by atoms with Gasteiger partial charge in [-0.05, 0) is 53.8 Å². The van der Waals surface area contributed by atoms with Crippen LogP contribution in [0.1, 0.15) is 6.92 Å². The summed E-state index contributed by atoms with van der Waals surface area (Å²) < 4.78 is 26.3. The predicted molar refractivity (Wildman–Crippen MR) is 66.8 cm³/mol. The molecular formula is C9H9IN2O2S. The van der Waals surface area contributed by atoms with E-state index < -0.39 is 15.3 Å². The summed E-state index contributed by atoms with van der Waals surface area (Å²) in [6.45, 7) is 1.34. The van der Waals surface area contributed by atoms with Gasteiger partial charge in [-0.15, -0.1) is 0 Å². The fourth-order valence-corrected chi connectivity index (χ4v) is 1.98. The standard InChI is InChI=1S/C9H9IN2O2S/c1-7(6-11)15(13,14)12-9-4-2-8(10)3-5-9/h2-5,7,12H,1H3. The van der Waals surface area contributed by atoms with Gasteiger partial charge in [0, 0.05) is 9.26 Å². The molecule has 0 saturated heterocycles. The van der Waals surface area contributed by atoms with E-state index in [4.69, 9.17) is 5.26 Å². The van der Waals surface area contributed by atoms with Crippen molar-refractivity contribution in [2.24, 2.45) is 0 Å². The van der Waals surface area contributed by atoms with Crippen LogP contribution in [0.5, 0.6) is 0 Å². The van der Waals surface area contributed by atoms with Crippen molar-refractivity contribution in [2.45, 2.75) is 12.2 Å². The Kier molecular flexibility index (Phi) is 3.93. The van der Waals surface area contributed by atoms with Crippen LogP contribution < -0.4 is 4.72 Å². The molecule has 0 aromatic heterocycles. The summed E-state index contributed by atoms with van der Waals surface area (Å²) >= 11 is 2.12. The lowest BCUT2D eigenvalue weighted by atomic mass is 10.3. The number of rotatable bonds is 3. The highest BCUT2D eigenvalue weighted by atomic mass is 127. The SMILES string of the molecule is CC(C#N)S(=O)(=O)Nc1ccc(I)cc1. The molecule has 0 spiro atoms. The lowest BCUT2D eigenvalue weighted by Gasteiger charge is -2.08. The molecule has 4 nitrogen and oxygen atoms in total. The van der Waals surface area contributed by atoms with E-state index >= 15 is 0 Å². The van der Waals surface area contributed by atoms with E-state index in [-0.39, 0.29) is 0 Å². The van der Waals surface area contributed by atoms with E-state index in [2.05, 4.69) is 27.3 Å². The van der Waals surface area contributed by atoms with Gasteiger partial charge in [0.05, 0.1) is 6.07 Å². The Morgan fingerprint density at radius 3 is 2.40 bits per heavy atom. The van der Waals surface area contributed by atoms with E-state index in [1.165, 1.54) is 6.92 Å². The van der Waals surface area contributed by atoms with Crippen LogP contribution in [0.15, 0.2) is 24.3 Å². The zero-order chi connectivity index (χ0) is 11.5. The van der Waals surface area contributed by atoms with Crippen LogP contribution in [0.3, 0.4) is 0 Å². The Labute approximate surface area is 102 Å². The topological polar surface area (TPSA) is 70.0 Å². The van der Waals surface area contributed by atoms with Gasteiger partial charge < -0.3 is 0 Å². The highest BCUT2D eigenvalue weighted by Crippen LogP contribution is 2.14. The van der Waals surface area contributed by atoms with Gasteiger partial charge in [0.2, 0.25) is 10.0 Å². The quantitative estimate of drug-likeness (QED) is 0.858. The summed E-state index contributed by atoms with van der Waals surface area (Å²) in [7, 11) is -3.59. The average molecular weight is 336 g/mol. The Morgan fingerprint density at radius 2 is 1.93 bits per heavy atom. The van der Waals surface area contributed by atoms with Crippen LogP contribution in [0.4, 0.5) is 5.69 Å². The molecule has 0 radical (unpaired) electrons. The molecule has 0 heterocycles. The zero-order valence-electron chi connectivity index (χ0n) is 7.94. The van der Waals surface area contributed by atoms with Crippen LogP contribution >= 0.6 is 22.6 Å². The smallest absolute Gasteiger partial charge is 0.248 e. The number of anilines is 1. The first-order valence-corrected chi connectivity index (χ1v) is 6.75. The Hall–Kier alpha value is -0.810. The normalized spacial score (nSPS) is 12.9. The number of sulfonamides is 1. The molecule has 1 N–H and O–H groups in total. The first-order chi connectivity index (χ1) is 6.95. The van der Waals surface area contributed by atoms with E-state index in [1.54, 1.807) is 30.3 Å². The van der Waals surface area contributed by atoms with Crippen molar-refractivity contribution >= 4 is 38.3 Å². The number of nitrogens with zero attached hydrogens (tertiary/aromatic N) is 1. The van der Waals surface area contributed by atoms with Crippen molar-refractivity contribution in [3.8, 4) is 6.07 Å². The van der Waals surface area contributed by atoms with Gasteiger partial charge in [0.1, 0.15) is 0 Å². The third-order valence-corrected chi connectivity index (χ3v) is 4.03. The molecule has 15 heavy (non-hydrogen) atoms. The van der Waals surface area contributed by atoms with Crippen LogP contribution in [0.2, 0.25) is 0 Å². The molecule has 1 rings (SSSR count). The molecular weight excluding hydrogens is 327 g/mol. The first-order valence-electron chi connectivity index (χ1n) is 4.12. The lowest BCUT2D eigenvalue weighted by molar-refractivity contribution is 0.597. The second kappa shape index (κ2) is 4.81. The highest BCUT2D eigenvalue weighted by Gasteiger charge is 2.19. The monoisotopic (exact) mass is 336 g/mol. The number of halogens is 1. The van der Waals surface area contributed by atoms with Crippen LogP contribution in [-0.4, -0.2) is 13.7 Å². The minimum Gasteiger partial charge on any atom is -0.282 e. The molecule has 0 bridgehead atoms. The van der Waals surface area contributed by atoms with Crippen LogP contribution in [-0.2, 0) is 10.0 Å². The minimum atomic E-state index is -3.59. The molecule has 0 aliphatic rings. The van der Waals surface area contributed by atoms with Gasteiger partial charge in [-0.25, -0.2) is 8.42 Å². The summed E-state index contributed by atoms with van der Waals surface area (Å²) in [6, 6.07) is 8.57. The molecule has 1 atom stereocenters. The van der Waals surface area contributed by atoms with Gasteiger partial charge in [-0.2, -0.15) is 5.26 Å². The van der Waals surface area contributed by atoms with Gasteiger partial charge in [0.15, 0.2) is 5.25 Å². The van der Waals surface area contributed by atoms with Gasteiger partial charge in [0.25, 0.3) is 0 Å². The molecule has 0 aliphatic heterocycles. The third kappa shape index (κ3) is 3.35. The van der Waals surface area contributed by atoms with E-state index in [0.717, 1.165) is 3.57 Å². The Balaban J connectivity index is 2.88. The maximum absolute atomic E-state index is 11.5. The Morgan fingerprint density at radius 1 is 1.40 bits per heavy atom. The lowest BCUT2D eigenvalue weighted by Crippen LogP contribution is -2.23. The second-order valence-electron chi connectivity index (χ2n) is 2.93. The van der Waals surface area contributed by atoms with Crippen LogP contribution in [0, 0.1) is 14.9 Å². The van der Waals surface area contributed by atoms with E-state index in [9.17, 15) is 8.42 Å². The maximum atomic E-state index is 11.5. The second-order valence-corrected chi connectivity index (χ2v) is 6.17. The first kappa shape index (κ1) is 12.3. The largest absolute Gasteiger partial charge is 0.282 e. The van der Waals surface area contributed by atoms with Crippen molar-refractivity contribution in [1.29, 1.82) is 5.26 Å². The van der Waals surface area contributed by atoms with Crippen molar-refractivity contribution in [3.63, 3.8) is 0 Å². The van der Waals surface area contributed by atoms with Crippen LogP contribution in [0.25, 0.3) is 0 Å².